The third kappa shape index (κ3) is 4.06. The van der Waals surface area contributed by atoms with E-state index >= 15 is 0 Å². The van der Waals surface area contributed by atoms with Crippen molar-refractivity contribution in [2.45, 2.75) is 32.5 Å². The highest BCUT2D eigenvalue weighted by atomic mass is 35.5. The summed E-state index contributed by atoms with van der Waals surface area (Å²) < 4.78 is 66.7. The lowest BCUT2D eigenvalue weighted by molar-refractivity contribution is 0.562. The number of hydrogen-bond donors (Lipinski definition) is 1. The van der Waals surface area contributed by atoms with E-state index in [1.54, 1.807) is 19.1 Å². The highest BCUT2D eigenvalue weighted by molar-refractivity contribution is 7.94. The van der Waals surface area contributed by atoms with Crippen molar-refractivity contribution in [3.8, 4) is 0 Å². The van der Waals surface area contributed by atoms with E-state index in [-0.39, 0.29) is 16.0 Å². The molecule has 9 heteroatoms. The first-order valence-corrected chi connectivity index (χ1v) is 11.8. The summed E-state index contributed by atoms with van der Waals surface area (Å²) in [5.41, 5.74) is 6.50. The molecular weight excluding hydrogens is 437 g/mol. The summed E-state index contributed by atoms with van der Waals surface area (Å²) >= 11 is 5.93. The molecule has 0 aromatic heterocycles. The first kappa shape index (κ1) is 21.4. The van der Waals surface area contributed by atoms with Crippen LogP contribution in [0.2, 0.25) is 5.02 Å². The third-order valence-electron chi connectivity index (χ3n) is 4.33. The SMILES string of the molecule is C[C@H](N)c1ccc(S(=O)(=O)c2ccc(Cl)cc2S(=O)(=O)c2ccccc2F)cc1. The summed E-state index contributed by atoms with van der Waals surface area (Å²) in [5, 5.41) is 0.00571. The van der Waals surface area contributed by atoms with Crippen LogP contribution in [0.15, 0.2) is 86.3 Å². The van der Waals surface area contributed by atoms with Gasteiger partial charge in [0.25, 0.3) is 0 Å². The topological polar surface area (TPSA) is 94.3 Å². The molecule has 0 radical (unpaired) electrons. The average molecular weight is 454 g/mol. The Kier molecular flexibility index (Phi) is 5.82. The molecule has 2 N–H and O–H groups in total. The fourth-order valence-corrected chi connectivity index (χ4v) is 6.42. The molecule has 29 heavy (non-hydrogen) atoms. The molecule has 3 rings (SSSR count). The molecule has 0 amide bonds. The van der Waals surface area contributed by atoms with Gasteiger partial charge in [-0.25, -0.2) is 21.2 Å². The van der Waals surface area contributed by atoms with Gasteiger partial charge in [0.2, 0.25) is 19.7 Å². The van der Waals surface area contributed by atoms with E-state index in [9.17, 15) is 21.2 Å². The predicted molar refractivity (Wildman–Crippen MR) is 108 cm³/mol. The van der Waals surface area contributed by atoms with Crippen LogP contribution in [0, 0.1) is 5.82 Å². The minimum atomic E-state index is -4.49. The van der Waals surface area contributed by atoms with E-state index in [0.717, 1.165) is 29.8 Å². The van der Waals surface area contributed by atoms with Crippen LogP contribution in [0.1, 0.15) is 18.5 Å². The number of sulfone groups is 2. The van der Waals surface area contributed by atoms with Crippen molar-refractivity contribution < 1.29 is 21.2 Å². The number of rotatable bonds is 5. The molecule has 5 nitrogen and oxygen atoms in total. The largest absolute Gasteiger partial charge is 0.324 e. The van der Waals surface area contributed by atoms with Crippen LogP contribution in [0.4, 0.5) is 4.39 Å². The molecule has 0 saturated carbocycles. The van der Waals surface area contributed by atoms with Crippen molar-refractivity contribution in [1.82, 2.24) is 0 Å². The molecule has 0 aliphatic rings. The third-order valence-corrected chi connectivity index (χ3v) is 8.35. The van der Waals surface area contributed by atoms with Crippen molar-refractivity contribution >= 4 is 31.3 Å². The number of halogens is 2. The van der Waals surface area contributed by atoms with Gasteiger partial charge >= 0.3 is 0 Å². The van der Waals surface area contributed by atoms with E-state index in [1.165, 1.54) is 30.3 Å². The Morgan fingerprint density at radius 3 is 2.03 bits per heavy atom. The quantitative estimate of drug-likeness (QED) is 0.625. The Morgan fingerprint density at radius 2 is 1.45 bits per heavy atom. The monoisotopic (exact) mass is 453 g/mol. The minimum Gasteiger partial charge on any atom is -0.324 e. The average Bonchev–Trinajstić information content (AvgIpc) is 2.68. The minimum absolute atomic E-state index is 0.00571. The fraction of sp³-hybridized carbons (Fsp3) is 0.100. The highest BCUT2D eigenvalue weighted by Crippen LogP contribution is 2.34. The summed E-state index contributed by atoms with van der Waals surface area (Å²) in [6.07, 6.45) is 0. The fourth-order valence-electron chi connectivity index (χ4n) is 2.77. The number of benzene rings is 3. The Hall–Kier alpha value is -2.26. The van der Waals surface area contributed by atoms with Crippen LogP contribution >= 0.6 is 11.6 Å². The smallest absolute Gasteiger partial charge is 0.210 e. The van der Waals surface area contributed by atoms with E-state index in [0.29, 0.717) is 0 Å². The Morgan fingerprint density at radius 1 is 0.828 bits per heavy atom. The Balaban J connectivity index is 2.23. The summed E-state index contributed by atoms with van der Waals surface area (Å²) in [5.74, 6) is -0.989. The summed E-state index contributed by atoms with van der Waals surface area (Å²) in [7, 11) is -8.73. The van der Waals surface area contributed by atoms with Crippen LogP contribution in [-0.2, 0) is 19.7 Å². The van der Waals surface area contributed by atoms with Crippen LogP contribution < -0.4 is 5.73 Å². The molecule has 3 aromatic rings. The van der Waals surface area contributed by atoms with Crippen LogP contribution in [0.25, 0.3) is 0 Å². The molecule has 0 saturated heterocycles. The number of hydrogen-bond acceptors (Lipinski definition) is 5. The van der Waals surface area contributed by atoms with E-state index in [4.69, 9.17) is 17.3 Å². The zero-order valence-corrected chi connectivity index (χ0v) is 17.6. The van der Waals surface area contributed by atoms with Crippen molar-refractivity contribution in [3.05, 3.63) is 83.1 Å². The maximum absolute atomic E-state index is 14.2. The molecule has 0 heterocycles. The highest BCUT2D eigenvalue weighted by Gasteiger charge is 2.31. The zero-order chi connectivity index (χ0) is 21.4. The first-order valence-electron chi connectivity index (χ1n) is 8.45. The van der Waals surface area contributed by atoms with Gasteiger partial charge in [0.15, 0.2) is 0 Å². The second-order valence-electron chi connectivity index (χ2n) is 6.39. The molecule has 0 fully saturated rings. The second kappa shape index (κ2) is 7.87. The predicted octanol–water partition coefficient (Wildman–Crippen LogP) is 4.16. The van der Waals surface area contributed by atoms with Gasteiger partial charge in [0.05, 0.1) is 14.7 Å². The summed E-state index contributed by atoms with van der Waals surface area (Å²) in [6.45, 7) is 1.75. The standard InChI is InChI=1S/C20H17ClFNO4S2/c1-13(23)14-6-9-16(10-7-14)28(24,25)19-11-8-15(21)12-20(19)29(26,27)18-5-3-2-4-17(18)22/h2-13H,23H2,1H3/t13-/m0/s1. The van der Waals surface area contributed by atoms with Gasteiger partial charge in [-0.3, -0.25) is 0 Å². The molecule has 152 valence electrons. The van der Waals surface area contributed by atoms with Gasteiger partial charge in [0, 0.05) is 11.1 Å². The van der Waals surface area contributed by atoms with E-state index in [1.807, 2.05) is 0 Å². The van der Waals surface area contributed by atoms with Crippen LogP contribution in [0.5, 0.6) is 0 Å². The second-order valence-corrected chi connectivity index (χ2v) is 10.6. The summed E-state index contributed by atoms with van der Waals surface area (Å²) in [4.78, 5) is -1.83. The summed E-state index contributed by atoms with van der Waals surface area (Å²) in [6, 6.07) is 13.6. The molecule has 0 unspecified atom stereocenters. The van der Waals surface area contributed by atoms with Gasteiger partial charge in [-0.15, -0.1) is 0 Å². The van der Waals surface area contributed by atoms with Crippen molar-refractivity contribution in [1.29, 1.82) is 0 Å². The maximum Gasteiger partial charge on any atom is 0.210 e. The van der Waals surface area contributed by atoms with E-state index in [2.05, 4.69) is 0 Å². The van der Waals surface area contributed by atoms with Crippen molar-refractivity contribution in [3.63, 3.8) is 0 Å². The maximum atomic E-state index is 14.2. The Bertz CT molecular complexity index is 1270. The van der Waals surface area contributed by atoms with Gasteiger partial charge in [0.1, 0.15) is 10.7 Å². The lowest BCUT2D eigenvalue weighted by atomic mass is 10.1. The van der Waals surface area contributed by atoms with Crippen LogP contribution in [-0.4, -0.2) is 16.8 Å². The van der Waals surface area contributed by atoms with Gasteiger partial charge < -0.3 is 5.73 Å². The molecule has 0 bridgehead atoms. The molecule has 0 aliphatic heterocycles. The molecule has 0 spiro atoms. The normalized spacial score (nSPS) is 13.2. The molecule has 0 aliphatic carbocycles. The van der Waals surface area contributed by atoms with Gasteiger partial charge in [-0.05, 0) is 55.0 Å². The van der Waals surface area contributed by atoms with E-state index < -0.39 is 40.2 Å². The Labute approximate surface area is 173 Å². The van der Waals surface area contributed by atoms with Crippen molar-refractivity contribution in [2.24, 2.45) is 5.73 Å². The van der Waals surface area contributed by atoms with Crippen LogP contribution in [0.3, 0.4) is 0 Å². The lowest BCUT2D eigenvalue weighted by Gasteiger charge is -2.13. The van der Waals surface area contributed by atoms with Crippen molar-refractivity contribution in [2.75, 3.05) is 0 Å². The van der Waals surface area contributed by atoms with Gasteiger partial charge in [-0.1, -0.05) is 35.9 Å². The molecular formula is C20H17ClFNO4S2. The lowest BCUT2D eigenvalue weighted by Crippen LogP contribution is -2.12. The van der Waals surface area contributed by atoms with Gasteiger partial charge in [-0.2, -0.15) is 0 Å². The number of nitrogens with two attached hydrogens (primary N) is 1. The zero-order valence-electron chi connectivity index (χ0n) is 15.2. The molecule has 3 aromatic carbocycles. The molecule has 1 atom stereocenters. The first-order chi connectivity index (χ1) is 13.5.